The Hall–Kier alpha value is -1.96. The summed E-state index contributed by atoms with van der Waals surface area (Å²) in [5.74, 6) is 0.202. The van der Waals surface area contributed by atoms with Crippen LogP contribution < -0.4 is 15.2 Å². The predicted molar refractivity (Wildman–Crippen MR) is 82.9 cm³/mol. The molecule has 0 unspecified atom stereocenters. The van der Waals surface area contributed by atoms with Crippen molar-refractivity contribution in [1.82, 2.24) is 4.72 Å². The molecular weight excluding hydrogens is 351 g/mol. The van der Waals surface area contributed by atoms with E-state index in [1.165, 1.54) is 30.3 Å². The Bertz CT molecular complexity index is 825. The van der Waals surface area contributed by atoms with E-state index in [1.807, 2.05) is 0 Å². The highest BCUT2D eigenvalue weighted by atomic mass is 35.5. The van der Waals surface area contributed by atoms with Crippen molar-refractivity contribution in [2.45, 2.75) is 4.90 Å². The predicted octanol–water partition coefficient (Wildman–Crippen LogP) is 3.14. The summed E-state index contributed by atoms with van der Waals surface area (Å²) in [5.41, 5.74) is 4.85. The number of primary amides is 1. The van der Waals surface area contributed by atoms with Gasteiger partial charge in [-0.15, -0.1) is 0 Å². The van der Waals surface area contributed by atoms with E-state index in [4.69, 9.17) is 33.7 Å². The highest BCUT2D eigenvalue weighted by Crippen LogP contribution is 2.34. The number of ether oxygens (including phenoxy) is 1. The van der Waals surface area contributed by atoms with Gasteiger partial charge < -0.3 is 10.5 Å². The zero-order chi connectivity index (χ0) is 16.3. The highest BCUT2D eigenvalue weighted by Gasteiger charge is 2.21. The summed E-state index contributed by atoms with van der Waals surface area (Å²) >= 11 is 11.8. The highest BCUT2D eigenvalue weighted by molar-refractivity contribution is 7.90. The monoisotopic (exact) mass is 360 g/mol. The number of halogens is 2. The summed E-state index contributed by atoms with van der Waals surface area (Å²) in [4.78, 5) is 10.6. The minimum absolute atomic E-state index is 0.0135. The van der Waals surface area contributed by atoms with Crippen LogP contribution in [0.4, 0.5) is 4.79 Å². The molecule has 0 fully saturated rings. The summed E-state index contributed by atoms with van der Waals surface area (Å²) in [6.45, 7) is 0. The van der Waals surface area contributed by atoms with E-state index in [9.17, 15) is 13.2 Å². The molecule has 0 aliphatic rings. The van der Waals surface area contributed by atoms with Crippen molar-refractivity contribution >= 4 is 39.3 Å². The van der Waals surface area contributed by atoms with Gasteiger partial charge in [0.2, 0.25) is 0 Å². The zero-order valence-electron chi connectivity index (χ0n) is 10.9. The summed E-state index contributed by atoms with van der Waals surface area (Å²) in [5, 5.41) is 0.621. The average Bonchev–Trinajstić information content (AvgIpc) is 2.41. The lowest BCUT2D eigenvalue weighted by Crippen LogP contribution is -2.35. The number of hydrogen-bond acceptors (Lipinski definition) is 4. The van der Waals surface area contributed by atoms with Crippen molar-refractivity contribution in [3.8, 4) is 11.5 Å². The molecule has 22 heavy (non-hydrogen) atoms. The van der Waals surface area contributed by atoms with Crippen LogP contribution in [0.3, 0.4) is 0 Å². The van der Waals surface area contributed by atoms with Crippen molar-refractivity contribution in [1.29, 1.82) is 0 Å². The number of rotatable bonds is 4. The quantitative estimate of drug-likeness (QED) is 0.874. The molecule has 0 aromatic heterocycles. The summed E-state index contributed by atoms with van der Waals surface area (Å²) in [6.07, 6.45) is 0. The summed E-state index contributed by atoms with van der Waals surface area (Å²) in [7, 11) is -4.15. The molecule has 0 aliphatic carbocycles. The van der Waals surface area contributed by atoms with Crippen LogP contribution in [0.1, 0.15) is 0 Å². The summed E-state index contributed by atoms with van der Waals surface area (Å²) < 4.78 is 31.3. The molecule has 0 atom stereocenters. The van der Waals surface area contributed by atoms with Crippen LogP contribution in [-0.4, -0.2) is 14.4 Å². The molecule has 116 valence electrons. The lowest BCUT2D eigenvalue weighted by molar-refractivity contribution is 0.253. The van der Waals surface area contributed by atoms with Gasteiger partial charge in [-0.3, -0.25) is 0 Å². The first-order valence-electron chi connectivity index (χ1n) is 5.84. The van der Waals surface area contributed by atoms with Crippen molar-refractivity contribution in [2.24, 2.45) is 5.73 Å². The first-order valence-corrected chi connectivity index (χ1v) is 8.08. The van der Waals surface area contributed by atoms with Gasteiger partial charge in [0.15, 0.2) is 0 Å². The second kappa shape index (κ2) is 6.43. The molecule has 0 spiro atoms. The first-order chi connectivity index (χ1) is 10.3. The van der Waals surface area contributed by atoms with E-state index < -0.39 is 16.1 Å². The second-order valence-corrected chi connectivity index (χ2v) is 6.59. The molecule has 2 aromatic rings. The number of amides is 2. The molecule has 0 bridgehead atoms. The van der Waals surface area contributed by atoms with E-state index >= 15 is 0 Å². The van der Waals surface area contributed by atoms with Gasteiger partial charge in [-0.05, 0) is 30.3 Å². The minimum Gasteiger partial charge on any atom is -0.454 e. The fraction of sp³-hybridized carbons (Fsp3) is 0. The van der Waals surface area contributed by atoms with Gasteiger partial charge in [-0.1, -0.05) is 35.3 Å². The molecule has 2 rings (SSSR count). The van der Waals surface area contributed by atoms with Gasteiger partial charge in [0.25, 0.3) is 10.0 Å². The number of nitrogens with two attached hydrogens (primary N) is 1. The Balaban J connectivity index is 2.43. The third-order valence-corrected chi connectivity index (χ3v) is 4.40. The number of urea groups is 1. The fourth-order valence-corrected chi connectivity index (χ4v) is 3.07. The number of carbonyl (C=O) groups excluding carboxylic acids is 1. The molecule has 0 heterocycles. The Morgan fingerprint density at radius 2 is 1.77 bits per heavy atom. The Morgan fingerprint density at radius 3 is 2.41 bits per heavy atom. The molecule has 3 N–H and O–H groups in total. The molecule has 9 heteroatoms. The number of para-hydroxylation sites is 1. The molecule has 2 aromatic carbocycles. The van der Waals surface area contributed by atoms with Crippen LogP contribution in [-0.2, 0) is 10.0 Å². The maximum Gasteiger partial charge on any atom is 0.326 e. The molecule has 0 aliphatic heterocycles. The molecule has 0 radical (unpaired) electrons. The van der Waals surface area contributed by atoms with Gasteiger partial charge in [-0.2, -0.15) is 0 Å². The molecule has 6 nitrogen and oxygen atoms in total. The third kappa shape index (κ3) is 3.82. The number of benzene rings is 2. The number of hydrogen-bond donors (Lipinski definition) is 2. The van der Waals surface area contributed by atoms with Crippen LogP contribution in [0.25, 0.3) is 0 Å². The molecule has 2 amide bonds. The first kappa shape index (κ1) is 16.4. The largest absolute Gasteiger partial charge is 0.454 e. The standard InChI is InChI=1S/C13H10Cl2N2O4S/c14-8-5-6-10(9(15)7-8)21-11-3-1-2-4-12(11)22(19,20)17-13(16)18/h1-7H,(H3,16,17,18). The fourth-order valence-electron chi connectivity index (χ4n) is 1.62. The number of carbonyl (C=O) groups is 1. The maximum absolute atomic E-state index is 12.0. The Morgan fingerprint density at radius 1 is 1.09 bits per heavy atom. The van der Waals surface area contributed by atoms with Crippen LogP contribution in [0.2, 0.25) is 10.0 Å². The van der Waals surface area contributed by atoms with Crippen LogP contribution in [0.5, 0.6) is 11.5 Å². The third-order valence-electron chi connectivity index (χ3n) is 2.49. The lowest BCUT2D eigenvalue weighted by Gasteiger charge is -2.12. The number of sulfonamides is 1. The summed E-state index contributed by atoms with van der Waals surface area (Å²) in [6, 6.07) is 9.03. The lowest BCUT2D eigenvalue weighted by atomic mass is 10.3. The van der Waals surface area contributed by atoms with Crippen LogP contribution >= 0.6 is 23.2 Å². The minimum atomic E-state index is -4.15. The zero-order valence-corrected chi connectivity index (χ0v) is 13.2. The van der Waals surface area contributed by atoms with E-state index in [0.29, 0.717) is 5.02 Å². The van der Waals surface area contributed by atoms with Crippen LogP contribution in [0, 0.1) is 0 Å². The molecule has 0 saturated carbocycles. The number of nitrogens with one attached hydrogen (secondary N) is 1. The van der Waals surface area contributed by atoms with Gasteiger partial charge in [0.1, 0.15) is 16.4 Å². The van der Waals surface area contributed by atoms with Crippen LogP contribution in [0.15, 0.2) is 47.4 Å². The van der Waals surface area contributed by atoms with Crippen molar-refractivity contribution in [3.05, 3.63) is 52.5 Å². The topological polar surface area (TPSA) is 98.5 Å². The van der Waals surface area contributed by atoms with E-state index in [0.717, 1.165) is 0 Å². The second-order valence-electron chi connectivity index (χ2n) is 4.09. The van der Waals surface area contributed by atoms with Crippen molar-refractivity contribution < 1.29 is 17.9 Å². The van der Waals surface area contributed by atoms with Crippen molar-refractivity contribution in [3.63, 3.8) is 0 Å². The smallest absolute Gasteiger partial charge is 0.326 e. The van der Waals surface area contributed by atoms with E-state index in [1.54, 1.807) is 16.9 Å². The Kier molecular flexibility index (Phi) is 4.80. The van der Waals surface area contributed by atoms with Gasteiger partial charge in [-0.25, -0.2) is 17.9 Å². The normalized spacial score (nSPS) is 11.0. The van der Waals surface area contributed by atoms with Crippen molar-refractivity contribution in [2.75, 3.05) is 0 Å². The Labute approximate surface area is 136 Å². The van der Waals surface area contributed by atoms with E-state index in [-0.39, 0.29) is 21.4 Å². The molecule has 0 saturated heterocycles. The average molecular weight is 361 g/mol. The van der Waals surface area contributed by atoms with Gasteiger partial charge in [0.05, 0.1) is 5.02 Å². The SMILES string of the molecule is NC(=O)NS(=O)(=O)c1ccccc1Oc1ccc(Cl)cc1Cl. The van der Waals surface area contributed by atoms with E-state index in [2.05, 4.69) is 0 Å². The van der Waals surface area contributed by atoms with Gasteiger partial charge >= 0.3 is 6.03 Å². The van der Waals surface area contributed by atoms with Gasteiger partial charge in [0, 0.05) is 5.02 Å². The maximum atomic E-state index is 12.0. The molecular formula is C13H10Cl2N2O4S.